The van der Waals surface area contributed by atoms with Gasteiger partial charge in [-0.25, -0.2) is 27.2 Å². The lowest BCUT2D eigenvalue weighted by atomic mass is 9.93. The van der Waals surface area contributed by atoms with Gasteiger partial charge in [-0.05, 0) is 37.8 Å². The van der Waals surface area contributed by atoms with Crippen LogP contribution in [0.15, 0.2) is 36.8 Å². The number of nitrogens with zero attached hydrogens (tertiary/aromatic N) is 5. The summed E-state index contributed by atoms with van der Waals surface area (Å²) in [5, 5.41) is 3.85. The van der Waals surface area contributed by atoms with E-state index in [9.17, 15) is 17.2 Å². The molecule has 0 amide bonds. The smallest absolute Gasteiger partial charge is 0.254 e. The Morgan fingerprint density at radius 1 is 1.08 bits per heavy atom. The molecule has 1 saturated heterocycles. The van der Waals surface area contributed by atoms with Crippen LogP contribution >= 0.6 is 0 Å². The molecule has 1 saturated carbocycles. The van der Waals surface area contributed by atoms with E-state index in [2.05, 4.69) is 29.9 Å². The zero-order valence-corrected chi connectivity index (χ0v) is 21.4. The van der Waals surface area contributed by atoms with Crippen LogP contribution in [0, 0.1) is 0 Å². The first-order valence-electron chi connectivity index (χ1n) is 12.5. The minimum absolute atomic E-state index is 0.0692. The first-order valence-corrected chi connectivity index (χ1v) is 14.1. The topological polar surface area (TPSA) is 131 Å². The molecule has 2 N–H and O–H groups in total. The summed E-state index contributed by atoms with van der Waals surface area (Å²) >= 11 is 0. The summed E-state index contributed by atoms with van der Waals surface area (Å²) in [7, 11) is -4.24. The molecule has 2 aliphatic rings. The van der Waals surface area contributed by atoms with Gasteiger partial charge in [0.2, 0.25) is 21.9 Å². The number of sulfonamides is 1. The standard InChI is InChI=1S/C24H29F2N7O4S/c25-21(26)15-38(34,35)32-17-12-19-20(29-14-17)13-22(33-8-10-36-11-9-33)31-23(19)37-18-4-2-16(3-5-18)30-24-27-6-1-7-28-24/h1,6-7,12-14,16,18,21,32H,2-5,8-11,15H2,(H,27,28,30)/t16-,18+. The van der Waals surface area contributed by atoms with E-state index < -0.39 is 22.2 Å². The predicted octanol–water partition coefficient (Wildman–Crippen LogP) is 3.07. The van der Waals surface area contributed by atoms with Crippen LogP contribution in [0.4, 0.5) is 26.2 Å². The number of hydrogen-bond acceptors (Lipinski definition) is 10. The molecule has 1 aliphatic heterocycles. The number of rotatable bonds is 9. The highest BCUT2D eigenvalue weighted by atomic mass is 32.2. The summed E-state index contributed by atoms with van der Waals surface area (Å²) in [5.74, 6) is 0.309. The third-order valence-electron chi connectivity index (χ3n) is 6.44. The van der Waals surface area contributed by atoms with Crippen molar-refractivity contribution in [3.05, 3.63) is 36.8 Å². The number of nitrogens with one attached hydrogen (secondary N) is 2. The second-order valence-corrected chi connectivity index (χ2v) is 11.0. The van der Waals surface area contributed by atoms with Crippen LogP contribution in [0.25, 0.3) is 10.9 Å². The Bertz CT molecular complexity index is 1340. The number of halogens is 2. The Morgan fingerprint density at radius 2 is 1.82 bits per heavy atom. The van der Waals surface area contributed by atoms with Gasteiger partial charge < -0.3 is 19.7 Å². The molecule has 0 bridgehead atoms. The second kappa shape index (κ2) is 11.6. The molecule has 0 spiro atoms. The molecule has 2 fully saturated rings. The molecule has 3 aromatic rings. The zero-order valence-electron chi connectivity index (χ0n) is 20.6. The van der Waals surface area contributed by atoms with E-state index in [1.807, 2.05) is 6.07 Å². The van der Waals surface area contributed by atoms with Crippen molar-refractivity contribution in [2.75, 3.05) is 47.0 Å². The van der Waals surface area contributed by atoms with E-state index in [0.717, 1.165) is 25.7 Å². The fourth-order valence-corrected chi connectivity index (χ4v) is 5.49. The largest absolute Gasteiger partial charge is 0.474 e. The second-order valence-electron chi connectivity index (χ2n) is 9.26. The molecule has 0 unspecified atom stereocenters. The highest BCUT2D eigenvalue weighted by Gasteiger charge is 2.25. The van der Waals surface area contributed by atoms with Crippen molar-refractivity contribution in [2.45, 2.75) is 44.3 Å². The van der Waals surface area contributed by atoms with Crippen LogP contribution < -0.4 is 19.7 Å². The summed E-state index contributed by atoms with van der Waals surface area (Å²) < 4.78 is 63.5. The fraction of sp³-hybridized carbons (Fsp3) is 0.500. The maximum Gasteiger partial charge on any atom is 0.254 e. The first kappa shape index (κ1) is 26.2. The van der Waals surface area contributed by atoms with Crippen LogP contribution in [0.5, 0.6) is 5.88 Å². The van der Waals surface area contributed by atoms with Gasteiger partial charge in [0.25, 0.3) is 6.43 Å². The quantitative estimate of drug-likeness (QED) is 0.411. The van der Waals surface area contributed by atoms with Crippen LogP contribution in [-0.4, -0.2) is 79.0 Å². The van der Waals surface area contributed by atoms with E-state index in [1.165, 1.54) is 12.3 Å². The van der Waals surface area contributed by atoms with E-state index >= 15 is 0 Å². The summed E-state index contributed by atoms with van der Waals surface area (Å²) in [4.78, 5) is 19.7. The maximum absolute atomic E-state index is 12.7. The van der Waals surface area contributed by atoms with Gasteiger partial charge in [-0.3, -0.25) is 9.71 Å². The Hall–Kier alpha value is -3.39. The highest BCUT2D eigenvalue weighted by molar-refractivity contribution is 7.92. The van der Waals surface area contributed by atoms with Crippen molar-refractivity contribution in [1.29, 1.82) is 0 Å². The van der Waals surface area contributed by atoms with Gasteiger partial charge in [0.1, 0.15) is 17.7 Å². The summed E-state index contributed by atoms with van der Waals surface area (Å²) in [5.41, 5.74) is 0.629. The maximum atomic E-state index is 12.7. The Morgan fingerprint density at radius 3 is 2.53 bits per heavy atom. The van der Waals surface area contributed by atoms with Gasteiger partial charge in [0.15, 0.2) is 0 Å². The Balaban J connectivity index is 1.37. The molecule has 5 rings (SSSR count). The number of alkyl halides is 2. The van der Waals surface area contributed by atoms with E-state index in [0.29, 0.717) is 54.9 Å². The van der Waals surface area contributed by atoms with Gasteiger partial charge in [-0.2, -0.15) is 4.98 Å². The minimum Gasteiger partial charge on any atom is -0.474 e. The molecular formula is C24H29F2N7O4S. The van der Waals surface area contributed by atoms with Gasteiger partial charge in [-0.1, -0.05) is 0 Å². The molecule has 3 aromatic heterocycles. The molecule has 14 heteroatoms. The fourth-order valence-electron chi connectivity index (χ4n) is 4.61. The number of fused-ring (bicyclic) bond motifs is 1. The zero-order chi connectivity index (χ0) is 26.5. The number of anilines is 3. The normalized spacial score (nSPS) is 20.4. The highest BCUT2D eigenvalue weighted by Crippen LogP contribution is 2.33. The molecule has 11 nitrogen and oxygen atoms in total. The van der Waals surface area contributed by atoms with Gasteiger partial charge >= 0.3 is 0 Å². The average Bonchev–Trinajstić information content (AvgIpc) is 2.90. The summed E-state index contributed by atoms with van der Waals surface area (Å²) in [6.45, 7) is 2.50. The SMILES string of the molecule is O=S(=O)(CC(F)F)Nc1cnc2cc(N3CCOCC3)nc(O[C@H]3CC[C@@H](Nc4ncccn4)CC3)c2c1. The number of aromatic nitrogens is 4. The lowest BCUT2D eigenvalue weighted by molar-refractivity contribution is 0.122. The molecule has 1 aliphatic carbocycles. The molecule has 204 valence electrons. The lowest BCUT2D eigenvalue weighted by Gasteiger charge is -2.31. The number of ether oxygens (including phenoxy) is 2. The van der Waals surface area contributed by atoms with Crippen molar-refractivity contribution in [3.8, 4) is 5.88 Å². The van der Waals surface area contributed by atoms with Crippen molar-refractivity contribution in [1.82, 2.24) is 19.9 Å². The van der Waals surface area contributed by atoms with Crippen LogP contribution in [0.2, 0.25) is 0 Å². The summed E-state index contributed by atoms with van der Waals surface area (Å²) in [6.07, 6.45) is 4.82. The van der Waals surface area contributed by atoms with Crippen molar-refractivity contribution in [3.63, 3.8) is 0 Å². The number of pyridine rings is 2. The molecule has 0 aromatic carbocycles. The monoisotopic (exact) mass is 549 g/mol. The van der Waals surface area contributed by atoms with Crippen molar-refractivity contribution in [2.24, 2.45) is 0 Å². The Kier molecular flexibility index (Phi) is 7.98. The molecule has 38 heavy (non-hydrogen) atoms. The molecule has 0 radical (unpaired) electrons. The minimum atomic E-state index is -4.24. The average molecular weight is 550 g/mol. The Labute approximate surface area is 219 Å². The first-order chi connectivity index (χ1) is 18.3. The van der Waals surface area contributed by atoms with Crippen LogP contribution in [0.3, 0.4) is 0 Å². The van der Waals surface area contributed by atoms with Crippen LogP contribution in [0.1, 0.15) is 25.7 Å². The third kappa shape index (κ3) is 6.72. The van der Waals surface area contributed by atoms with Gasteiger partial charge in [0.05, 0.1) is 36.0 Å². The molecule has 4 heterocycles. The number of morpholine rings is 1. The predicted molar refractivity (Wildman–Crippen MR) is 138 cm³/mol. The van der Waals surface area contributed by atoms with Crippen molar-refractivity contribution < 1.29 is 26.7 Å². The lowest BCUT2D eigenvalue weighted by Crippen LogP contribution is -2.37. The van der Waals surface area contributed by atoms with E-state index in [-0.39, 0.29) is 17.8 Å². The van der Waals surface area contributed by atoms with E-state index in [4.69, 9.17) is 14.5 Å². The molecular weight excluding hydrogens is 520 g/mol. The molecule has 0 atom stereocenters. The van der Waals surface area contributed by atoms with Gasteiger partial charge in [-0.15, -0.1) is 0 Å². The van der Waals surface area contributed by atoms with E-state index in [1.54, 1.807) is 18.5 Å². The van der Waals surface area contributed by atoms with Gasteiger partial charge in [0, 0.05) is 37.6 Å². The van der Waals surface area contributed by atoms with Crippen LogP contribution in [-0.2, 0) is 14.8 Å². The third-order valence-corrected chi connectivity index (χ3v) is 7.67. The van der Waals surface area contributed by atoms with Crippen molar-refractivity contribution >= 4 is 38.4 Å². The number of hydrogen-bond donors (Lipinski definition) is 2. The summed E-state index contributed by atoms with van der Waals surface area (Å²) in [6, 6.07) is 5.32.